The van der Waals surface area contributed by atoms with Crippen molar-refractivity contribution in [3.63, 3.8) is 0 Å². The largest absolute Gasteiger partial charge is 0.357 e. The molecule has 19 heavy (non-hydrogen) atoms. The van der Waals surface area contributed by atoms with Crippen molar-refractivity contribution in [2.75, 3.05) is 0 Å². The van der Waals surface area contributed by atoms with Crippen LogP contribution in [0.2, 0.25) is 0 Å². The van der Waals surface area contributed by atoms with Gasteiger partial charge in [-0.05, 0) is 38.0 Å². The minimum absolute atomic E-state index is 0.106. The van der Waals surface area contributed by atoms with Crippen LogP contribution in [-0.2, 0) is 4.74 Å². The van der Waals surface area contributed by atoms with Crippen LogP contribution in [0.15, 0.2) is 34.6 Å². The van der Waals surface area contributed by atoms with E-state index < -0.39 is 0 Å². The van der Waals surface area contributed by atoms with Crippen molar-refractivity contribution in [1.29, 1.82) is 0 Å². The van der Waals surface area contributed by atoms with E-state index >= 15 is 0 Å². The number of thioether (sulfide) groups is 1. The number of hydrogen-bond donors (Lipinski definition) is 0. The number of allylic oxidation sites excluding steroid dienone is 4. The first-order valence-electron chi connectivity index (χ1n) is 6.89. The van der Waals surface area contributed by atoms with E-state index in [4.69, 9.17) is 4.74 Å². The standard InChI is InChI=1S/C17H22OS/c1-5-8-13-9-10-14(18-13)15-12-17(4,11-6-2)16(7-3)19-15/h6-7,12-14H,2,9-11H2,1,3-4H3/b16-7+/t13-,14+,17?/m1/s1. The molecule has 2 aliphatic rings. The maximum atomic E-state index is 6.03. The van der Waals surface area contributed by atoms with Crippen LogP contribution >= 0.6 is 11.8 Å². The van der Waals surface area contributed by atoms with Crippen molar-refractivity contribution in [3.05, 3.63) is 34.6 Å². The summed E-state index contributed by atoms with van der Waals surface area (Å²) in [5.74, 6) is 6.08. The molecule has 1 unspecified atom stereocenters. The number of ether oxygens (including phenoxy) is 1. The summed E-state index contributed by atoms with van der Waals surface area (Å²) in [5.41, 5.74) is 0.106. The van der Waals surface area contributed by atoms with Gasteiger partial charge < -0.3 is 4.74 Å². The molecule has 1 nitrogen and oxygen atoms in total. The Morgan fingerprint density at radius 2 is 2.37 bits per heavy atom. The van der Waals surface area contributed by atoms with E-state index in [2.05, 4.69) is 44.4 Å². The lowest BCUT2D eigenvalue weighted by molar-refractivity contribution is 0.104. The zero-order chi connectivity index (χ0) is 13.9. The van der Waals surface area contributed by atoms with E-state index in [9.17, 15) is 0 Å². The third-order valence-corrected chi connectivity index (χ3v) is 5.26. The van der Waals surface area contributed by atoms with Gasteiger partial charge in [-0.1, -0.05) is 42.8 Å². The molecule has 0 aromatic rings. The first-order chi connectivity index (χ1) is 9.12. The molecule has 0 aliphatic carbocycles. The van der Waals surface area contributed by atoms with Crippen molar-refractivity contribution in [3.8, 4) is 11.8 Å². The van der Waals surface area contributed by atoms with E-state index in [1.165, 1.54) is 9.81 Å². The fraction of sp³-hybridized carbons (Fsp3) is 0.529. The number of hydrogen-bond acceptors (Lipinski definition) is 2. The maximum absolute atomic E-state index is 6.03. The molecule has 0 saturated carbocycles. The average molecular weight is 274 g/mol. The van der Waals surface area contributed by atoms with Crippen molar-refractivity contribution >= 4 is 11.8 Å². The number of rotatable bonds is 3. The smallest absolute Gasteiger partial charge is 0.119 e. The molecule has 3 atom stereocenters. The maximum Gasteiger partial charge on any atom is 0.119 e. The first kappa shape index (κ1) is 14.5. The second-order valence-electron chi connectivity index (χ2n) is 5.30. The second-order valence-corrected chi connectivity index (χ2v) is 6.41. The van der Waals surface area contributed by atoms with Crippen molar-refractivity contribution < 1.29 is 4.74 Å². The van der Waals surface area contributed by atoms with Gasteiger partial charge in [0.2, 0.25) is 0 Å². The summed E-state index contributed by atoms with van der Waals surface area (Å²) in [6.45, 7) is 10.1. The lowest BCUT2D eigenvalue weighted by Crippen LogP contribution is -2.11. The van der Waals surface area contributed by atoms with Crippen molar-refractivity contribution in [2.45, 2.75) is 52.2 Å². The molecule has 102 valence electrons. The monoisotopic (exact) mass is 274 g/mol. The van der Waals surface area contributed by atoms with Gasteiger partial charge in [0.05, 0.1) is 6.10 Å². The van der Waals surface area contributed by atoms with E-state index in [1.54, 1.807) is 0 Å². The topological polar surface area (TPSA) is 9.23 Å². The van der Waals surface area contributed by atoms with Gasteiger partial charge >= 0.3 is 0 Å². The molecule has 0 spiro atoms. The molecule has 1 saturated heterocycles. The average Bonchev–Trinajstić information content (AvgIpc) is 2.95. The molecular formula is C17H22OS. The Bertz CT molecular complexity index is 477. The van der Waals surface area contributed by atoms with E-state index in [1.807, 2.05) is 24.8 Å². The van der Waals surface area contributed by atoms with Gasteiger partial charge in [-0.25, -0.2) is 0 Å². The summed E-state index contributed by atoms with van der Waals surface area (Å²) in [4.78, 5) is 2.77. The molecule has 0 aromatic heterocycles. The highest BCUT2D eigenvalue weighted by Gasteiger charge is 2.37. The second kappa shape index (κ2) is 6.03. The molecule has 0 aromatic carbocycles. The van der Waals surface area contributed by atoms with Crippen LogP contribution in [0, 0.1) is 17.3 Å². The van der Waals surface area contributed by atoms with Crippen LogP contribution in [0.1, 0.15) is 40.0 Å². The van der Waals surface area contributed by atoms with Gasteiger partial charge in [0, 0.05) is 10.3 Å². The highest BCUT2D eigenvalue weighted by molar-refractivity contribution is 8.07. The Balaban J connectivity index is 2.14. The predicted molar refractivity (Wildman–Crippen MR) is 83.7 cm³/mol. The van der Waals surface area contributed by atoms with Crippen LogP contribution in [0.5, 0.6) is 0 Å². The van der Waals surface area contributed by atoms with Gasteiger partial charge in [0.25, 0.3) is 0 Å². The zero-order valence-electron chi connectivity index (χ0n) is 12.0. The van der Waals surface area contributed by atoms with Gasteiger partial charge in [-0.2, -0.15) is 0 Å². The highest BCUT2D eigenvalue weighted by Crippen LogP contribution is 2.53. The van der Waals surface area contributed by atoms with Crippen LogP contribution in [0.3, 0.4) is 0 Å². The van der Waals surface area contributed by atoms with E-state index in [0.717, 1.165) is 19.3 Å². The highest BCUT2D eigenvalue weighted by atomic mass is 32.2. The SMILES string of the molecule is C=CCC1(C)C=C([C@@H]2CC[C@@H](C#CC)O2)S/C1=C/C. The summed E-state index contributed by atoms with van der Waals surface area (Å²) in [6.07, 6.45) is 10.1. The Morgan fingerprint density at radius 1 is 1.58 bits per heavy atom. The first-order valence-corrected chi connectivity index (χ1v) is 7.70. The Hall–Kier alpha value is -0.910. The van der Waals surface area contributed by atoms with Crippen molar-refractivity contribution in [2.24, 2.45) is 5.41 Å². The normalized spacial score (nSPS) is 35.9. The molecule has 2 rings (SSSR count). The lowest BCUT2D eigenvalue weighted by Gasteiger charge is -2.21. The Kier molecular flexibility index (Phi) is 4.60. The summed E-state index contributed by atoms with van der Waals surface area (Å²) in [6, 6.07) is 0. The Morgan fingerprint density at radius 3 is 3.00 bits per heavy atom. The fourth-order valence-corrected chi connectivity index (χ4v) is 4.15. The summed E-state index contributed by atoms with van der Waals surface area (Å²) in [7, 11) is 0. The third kappa shape index (κ3) is 2.99. The van der Waals surface area contributed by atoms with Crippen LogP contribution < -0.4 is 0 Å². The van der Waals surface area contributed by atoms with Gasteiger partial charge in [0.15, 0.2) is 0 Å². The molecular weight excluding hydrogens is 252 g/mol. The van der Waals surface area contributed by atoms with Crippen LogP contribution in [0.25, 0.3) is 0 Å². The molecule has 0 amide bonds. The molecule has 0 N–H and O–H groups in total. The molecule has 2 heterocycles. The van der Waals surface area contributed by atoms with Gasteiger partial charge in [-0.3, -0.25) is 0 Å². The third-order valence-electron chi connectivity index (χ3n) is 3.72. The molecule has 2 heteroatoms. The fourth-order valence-electron chi connectivity index (χ4n) is 2.78. The molecule has 2 aliphatic heterocycles. The molecule has 1 fully saturated rings. The van der Waals surface area contributed by atoms with Gasteiger partial charge in [0.1, 0.15) is 6.10 Å². The summed E-state index contributed by atoms with van der Waals surface area (Å²) >= 11 is 1.88. The van der Waals surface area contributed by atoms with E-state index in [-0.39, 0.29) is 17.6 Å². The molecule has 0 bridgehead atoms. The lowest BCUT2D eigenvalue weighted by atomic mass is 9.85. The minimum Gasteiger partial charge on any atom is -0.357 e. The minimum atomic E-state index is 0.106. The van der Waals surface area contributed by atoms with E-state index in [0.29, 0.717) is 0 Å². The van der Waals surface area contributed by atoms with Crippen molar-refractivity contribution in [1.82, 2.24) is 0 Å². The molecule has 0 radical (unpaired) electrons. The van der Waals surface area contributed by atoms with Crippen LogP contribution in [0.4, 0.5) is 0 Å². The summed E-state index contributed by atoms with van der Waals surface area (Å²) < 4.78 is 6.03. The zero-order valence-corrected chi connectivity index (χ0v) is 12.8. The van der Waals surface area contributed by atoms with Crippen LogP contribution in [-0.4, -0.2) is 12.2 Å². The van der Waals surface area contributed by atoms with Gasteiger partial charge in [-0.15, -0.1) is 12.5 Å². The predicted octanol–water partition coefficient (Wildman–Crippen LogP) is 4.67. The Labute approximate surface area is 121 Å². The quantitative estimate of drug-likeness (QED) is 0.546. The summed E-state index contributed by atoms with van der Waals surface area (Å²) in [5, 5.41) is 0.